The molecule has 1 aromatic carbocycles. The van der Waals surface area contributed by atoms with Crippen LogP contribution in [0.25, 0.3) is 21.9 Å². The van der Waals surface area contributed by atoms with Gasteiger partial charge in [-0.15, -0.1) is 11.3 Å². The smallest absolute Gasteiger partial charge is 0.268 e. The Labute approximate surface area is 229 Å². The Morgan fingerprint density at radius 2 is 2.03 bits per heavy atom. The molecule has 0 spiro atoms. The summed E-state index contributed by atoms with van der Waals surface area (Å²) in [5.41, 5.74) is 1.69. The van der Waals surface area contributed by atoms with Crippen LogP contribution < -0.4 is 10.9 Å². The van der Waals surface area contributed by atoms with Gasteiger partial charge in [-0.1, -0.05) is 6.42 Å². The quantitative estimate of drug-likeness (QED) is 0.326. The molecule has 3 aromatic heterocycles. The van der Waals surface area contributed by atoms with Crippen LogP contribution in [-0.2, 0) is 11.2 Å². The third kappa shape index (κ3) is 5.65. The molecule has 1 unspecified atom stereocenters. The van der Waals surface area contributed by atoms with E-state index in [4.69, 9.17) is 0 Å². The van der Waals surface area contributed by atoms with E-state index < -0.39 is 11.6 Å². The van der Waals surface area contributed by atoms with Crippen LogP contribution >= 0.6 is 11.3 Å². The molecular weight excluding hydrogens is 522 g/mol. The van der Waals surface area contributed by atoms with Crippen molar-refractivity contribution >= 4 is 22.2 Å². The lowest BCUT2D eigenvalue weighted by molar-refractivity contribution is -0.120. The van der Waals surface area contributed by atoms with Gasteiger partial charge in [0.05, 0.1) is 17.7 Å². The van der Waals surface area contributed by atoms with Crippen LogP contribution in [0.5, 0.6) is 0 Å². The lowest BCUT2D eigenvalue weighted by atomic mass is 10.0. The number of halogens is 2. The highest BCUT2D eigenvalue weighted by Crippen LogP contribution is 2.25. The number of nitrogens with zero attached hydrogens (tertiary/aromatic N) is 5. The van der Waals surface area contributed by atoms with Gasteiger partial charge in [-0.3, -0.25) is 14.0 Å². The van der Waals surface area contributed by atoms with Gasteiger partial charge in [-0.2, -0.15) is 5.10 Å². The van der Waals surface area contributed by atoms with Gasteiger partial charge < -0.3 is 10.2 Å². The average molecular weight is 555 g/mol. The normalized spacial score (nSPS) is 16.2. The Bertz CT molecular complexity index is 1580. The van der Waals surface area contributed by atoms with Crippen molar-refractivity contribution in [1.29, 1.82) is 0 Å². The van der Waals surface area contributed by atoms with Crippen LogP contribution in [0.1, 0.15) is 49.7 Å². The molecule has 0 aliphatic carbocycles. The van der Waals surface area contributed by atoms with E-state index in [0.717, 1.165) is 37.7 Å². The summed E-state index contributed by atoms with van der Waals surface area (Å²) in [7, 11) is 0. The summed E-state index contributed by atoms with van der Waals surface area (Å²) < 4.78 is 30.9. The van der Waals surface area contributed by atoms with Crippen LogP contribution in [0, 0.1) is 25.5 Å². The van der Waals surface area contributed by atoms with Gasteiger partial charge in [0, 0.05) is 42.0 Å². The van der Waals surface area contributed by atoms with Crippen molar-refractivity contribution in [2.75, 3.05) is 19.6 Å². The summed E-state index contributed by atoms with van der Waals surface area (Å²) >= 11 is 1.29. The van der Waals surface area contributed by atoms with Crippen LogP contribution in [0.15, 0.2) is 34.4 Å². The zero-order valence-electron chi connectivity index (χ0n) is 22.3. The number of carbonyl (C=O) groups excluding carboxylic acids is 1. The molecule has 0 radical (unpaired) electrons. The van der Waals surface area contributed by atoms with Crippen LogP contribution in [0.4, 0.5) is 8.78 Å². The average Bonchev–Trinajstić information content (AvgIpc) is 3.47. The Hall–Kier alpha value is -3.44. The second kappa shape index (κ2) is 11.4. The molecule has 1 saturated heterocycles. The second-order valence-electron chi connectivity index (χ2n) is 10.2. The molecule has 5 rings (SSSR count). The first-order valence-electron chi connectivity index (χ1n) is 13.3. The number of thiazole rings is 1. The topological polar surface area (TPSA) is 84.5 Å². The molecule has 8 nitrogen and oxygen atoms in total. The number of amides is 1. The number of carbonyl (C=O) groups is 1. The number of fused-ring (bicyclic) bond motifs is 1. The molecule has 1 fully saturated rings. The molecule has 0 saturated carbocycles. The minimum absolute atomic E-state index is 0.0478. The molecule has 4 aromatic rings. The molecule has 11 heteroatoms. The highest BCUT2D eigenvalue weighted by molar-refractivity contribution is 7.15. The molecule has 1 aliphatic rings. The predicted octanol–water partition coefficient (Wildman–Crippen LogP) is 4.43. The Balaban J connectivity index is 1.35. The van der Waals surface area contributed by atoms with E-state index in [-0.39, 0.29) is 29.1 Å². The van der Waals surface area contributed by atoms with Crippen molar-refractivity contribution in [3.63, 3.8) is 0 Å². The summed E-state index contributed by atoms with van der Waals surface area (Å²) in [4.78, 5) is 33.9. The zero-order chi connectivity index (χ0) is 27.7. The van der Waals surface area contributed by atoms with Crippen molar-refractivity contribution in [2.24, 2.45) is 0 Å². The predicted molar refractivity (Wildman–Crippen MR) is 148 cm³/mol. The number of nitrogens with one attached hydrogen (secondary N) is 1. The Morgan fingerprint density at radius 3 is 2.82 bits per heavy atom. The number of hydrogen-bond donors (Lipinski definition) is 1. The zero-order valence-corrected chi connectivity index (χ0v) is 23.2. The molecule has 0 bridgehead atoms. The number of benzene rings is 1. The van der Waals surface area contributed by atoms with Gasteiger partial charge in [0.1, 0.15) is 23.0 Å². The lowest BCUT2D eigenvalue weighted by Gasteiger charge is -2.33. The van der Waals surface area contributed by atoms with Crippen molar-refractivity contribution in [1.82, 2.24) is 29.4 Å². The first-order chi connectivity index (χ1) is 18.7. The number of likely N-dealkylation sites (tertiary alicyclic amines) is 1. The lowest BCUT2D eigenvalue weighted by Crippen LogP contribution is -2.39. The van der Waals surface area contributed by atoms with Crippen molar-refractivity contribution < 1.29 is 13.6 Å². The SMILES string of the molecule is Cc1nc2scc(CC(=O)NCCCN3CCCCC3C)n2c(=O)c1-c1cc(C)n(-c2cc(F)ccc2F)n1. The highest BCUT2D eigenvalue weighted by Gasteiger charge is 2.21. The molecular formula is C28H32F2N6O2S. The minimum Gasteiger partial charge on any atom is -0.356 e. The number of aromatic nitrogens is 4. The van der Waals surface area contributed by atoms with Crippen LogP contribution in [0.3, 0.4) is 0 Å². The van der Waals surface area contributed by atoms with Crippen molar-refractivity contribution in [3.8, 4) is 16.9 Å². The number of aryl methyl sites for hydroxylation is 2. The van der Waals surface area contributed by atoms with E-state index in [1.165, 1.54) is 39.7 Å². The third-order valence-corrected chi connectivity index (χ3v) is 8.20. The van der Waals surface area contributed by atoms with E-state index >= 15 is 0 Å². The first kappa shape index (κ1) is 27.1. The van der Waals surface area contributed by atoms with Crippen molar-refractivity contribution in [3.05, 3.63) is 68.7 Å². The van der Waals surface area contributed by atoms with Gasteiger partial charge >= 0.3 is 0 Å². The van der Waals surface area contributed by atoms with E-state index in [1.54, 1.807) is 25.3 Å². The fourth-order valence-electron chi connectivity index (χ4n) is 5.24. The van der Waals surface area contributed by atoms with Crippen molar-refractivity contribution in [2.45, 2.75) is 58.9 Å². The van der Waals surface area contributed by atoms with Crippen LogP contribution in [-0.4, -0.2) is 55.6 Å². The fourth-order valence-corrected chi connectivity index (χ4v) is 6.16. The molecule has 4 heterocycles. The monoisotopic (exact) mass is 554 g/mol. The van der Waals surface area contributed by atoms with Gasteiger partial charge in [-0.05, 0) is 64.8 Å². The fraction of sp³-hybridized carbons (Fsp3) is 0.429. The molecule has 39 heavy (non-hydrogen) atoms. The highest BCUT2D eigenvalue weighted by atomic mass is 32.1. The van der Waals surface area contributed by atoms with Gasteiger partial charge in [0.2, 0.25) is 5.91 Å². The van der Waals surface area contributed by atoms with E-state index in [9.17, 15) is 18.4 Å². The van der Waals surface area contributed by atoms with Crippen LogP contribution in [0.2, 0.25) is 0 Å². The molecule has 1 atom stereocenters. The maximum Gasteiger partial charge on any atom is 0.268 e. The summed E-state index contributed by atoms with van der Waals surface area (Å²) in [6.45, 7) is 8.32. The number of piperidine rings is 1. The molecule has 1 N–H and O–H groups in total. The van der Waals surface area contributed by atoms with E-state index in [0.29, 0.717) is 40.3 Å². The second-order valence-corrected chi connectivity index (χ2v) is 11.0. The van der Waals surface area contributed by atoms with Gasteiger partial charge in [0.25, 0.3) is 5.56 Å². The largest absolute Gasteiger partial charge is 0.356 e. The maximum absolute atomic E-state index is 14.4. The summed E-state index contributed by atoms with van der Waals surface area (Å²) in [6.07, 6.45) is 4.66. The van der Waals surface area contributed by atoms with E-state index in [1.807, 2.05) is 0 Å². The van der Waals surface area contributed by atoms with Gasteiger partial charge in [0.15, 0.2) is 4.96 Å². The number of rotatable bonds is 8. The molecule has 1 aliphatic heterocycles. The standard InChI is InChI=1S/C28H32F2N6O2S/c1-17-7-4-5-11-34(17)12-6-10-31-25(37)15-21-16-39-28-32-19(3)26(27(38)35(21)28)23-13-18(2)36(33-23)24-14-20(29)8-9-22(24)30/h8-9,13-14,16-17H,4-7,10-12,15H2,1-3H3,(H,31,37). The molecule has 206 valence electrons. The first-order valence-corrected chi connectivity index (χ1v) is 14.1. The summed E-state index contributed by atoms with van der Waals surface area (Å²) in [5, 5.41) is 9.18. The number of hydrogen-bond acceptors (Lipinski definition) is 6. The molecule has 1 amide bonds. The minimum atomic E-state index is -0.632. The summed E-state index contributed by atoms with van der Waals surface area (Å²) in [5.74, 6) is -1.38. The third-order valence-electron chi connectivity index (χ3n) is 7.33. The Morgan fingerprint density at radius 1 is 1.21 bits per heavy atom. The van der Waals surface area contributed by atoms with E-state index in [2.05, 4.69) is 27.2 Å². The summed E-state index contributed by atoms with van der Waals surface area (Å²) in [6, 6.07) is 5.37. The Kier molecular flexibility index (Phi) is 7.90. The van der Waals surface area contributed by atoms with Gasteiger partial charge in [-0.25, -0.2) is 18.4 Å². The maximum atomic E-state index is 14.4.